The average molecular weight is 463 g/mol. The van der Waals surface area contributed by atoms with Crippen molar-refractivity contribution in [3.63, 3.8) is 0 Å². The van der Waals surface area contributed by atoms with Gasteiger partial charge in [0.2, 0.25) is 5.88 Å². The van der Waals surface area contributed by atoms with Crippen molar-refractivity contribution in [2.24, 2.45) is 0 Å². The normalized spacial score (nSPS) is 17.3. The van der Waals surface area contributed by atoms with Crippen molar-refractivity contribution in [2.45, 2.75) is 58.7 Å². The van der Waals surface area contributed by atoms with Crippen LogP contribution in [0.25, 0.3) is 0 Å². The van der Waals surface area contributed by atoms with E-state index in [9.17, 15) is 18.7 Å². The van der Waals surface area contributed by atoms with Gasteiger partial charge in [-0.2, -0.15) is 12.6 Å². The second-order valence-corrected chi connectivity index (χ2v) is 6.74. The van der Waals surface area contributed by atoms with Crippen LogP contribution in [-0.2, 0) is 10.7 Å². The summed E-state index contributed by atoms with van der Waals surface area (Å²) < 4.78 is 37.3. The van der Waals surface area contributed by atoms with E-state index < -0.39 is 18.1 Å². The fourth-order valence-corrected chi connectivity index (χ4v) is 2.17. The molecule has 6 nitrogen and oxygen atoms in total. The van der Waals surface area contributed by atoms with Gasteiger partial charge in [-0.1, -0.05) is 26.7 Å². The van der Waals surface area contributed by atoms with Crippen molar-refractivity contribution in [3.05, 3.63) is 23.4 Å². The summed E-state index contributed by atoms with van der Waals surface area (Å²) >= 11 is 3.79. The number of thiol groups is 1. The monoisotopic (exact) mass is 462 g/mol. The fraction of sp³-hybridized carbons (Fsp3) is 0.636. The largest absolute Gasteiger partial charge is 0.475 e. The summed E-state index contributed by atoms with van der Waals surface area (Å²) in [5.74, 6) is 0.167. The van der Waals surface area contributed by atoms with Crippen LogP contribution < -0.4 is 10.1 Å². The Morgan fingerprint density at radius 1 is 1.48 bits per heavy atom. The summed E-state index contributed by atoms with van der Waals surface area (Å²) in [5, 5.41) is 12.5. The fourth-order valence-electron chi connectivity index (χ4n) is 2.17. The summed E-state index contributed by atoms with van der Waals surface area (Å²) in [6.07, 6.45) is 5.41. The summed E-state index contributed by atoms with van der Waals surface area (Å²) in [6, 6.07) is 2.11. The van der Waals surface area contributed by atoms with E-state index in [2.05, 4.69) is 28.8 Å². The zero-order valence-corrected chi connectivity index (χ0v) is 19.9. The van der Waals surface area contributed by atoms with Crippen LogP contribution in [0.5, 0.6) is 5.88 Å². The minimum atomic E-state index is -3.10. The second-order valence-electron chi connectivity index (χ2n) is 6.11. The Hall–Kier alpha value is -1.73. The third-order valence-electron chi connectivity index (χ3n) is 3.53. The second kappa shape index (κ2) is 19.0. The van der Waals surface area contributed by atoms with Crippen molar-refractivity contribution < 1.29 is 28.2 Å². The number of aliphatic hydroxyl groups is 1. The first-order valence-electron chi connectivity index (χ1n) is 10.2. The van der Waals surface area contributed by atoms with Crippen molar-refractivity contribution in [3.8, 4) is 18.2 Å². The third kappa shape index (κ3) is 14.8. The van der Waals surface area contributed by atoms with Crippen molar-refractivity contribution in [2.75, 3.05) is 32.6 Å². The quantitative estimate of drug-likeness (QED) is 0.340. The molecular formula is C22H36F2N2O4S. The summed E-state index contributed by atoms with van der Waals surface area (Å²) in [7, 11) is 1.82. The van der Waals surface area contributed by atoms with Gasteiger partial charge in [-0.05, 0) is 31.7 Å². The van der Waals surface area contributed by atoms with Gasteiger partial charge in [0.05, 0.1) is 12.6 Å². The lowest BCUT2D eigenvalue weighted by Crippen LogP contribution is -2.38. The molecule has 0 aliphatic carbocycles. The number of ether oxygens (including phenoxy) is 2. The zero-order chi connectivity index (χ0) is 24.3. The smallest absolute Gasteiger partial charge is 0.270 e. The summed E-state index contributed by atoms with van der Waals surface area (Å²) in [5.41, 5.74) is -0.478. The first-order valence-corrected chi connectivity index (χ1v) is 10.8. The first kappa shape index (κ1) is 31.5. The maximum absolute atomic E-state index is 13.3. The van der Waals surface area contributed by atoms with E-state index in [1.165, 1.54) is 0 Å². The number of halogens is 2. The van der Waals surface area contributed by atoms with E-state index in [0.29, 0.717) is 25.9 Å². The topological polar surface area (TPSA) is 80.7 Å². The number of alkyl halides is 2. The molecule has 0 radical (unpaired) electrons. The van der Waals surface area contributed by atoms with E-state index in [1.54, 1.807) is 0 Å². The zero-order valence-electron chi connectivity index (χ0n) is 19.0. The van der Waals surface area contributed by atoms with E-state index in [0.717, 1.165) is 31.2 Å². The van der Waals surface area contributed by atoms with Crippen LogP contribution >= 0.6 is 12.6 Å². The highest BCUT2D eigenvalue weighted by Crippen LogP contribution is 2.29. The molecule has 31 heavy (non-hydrogen) atoms. The van der Waals surface area contributed by atoms with Crippen molar-refractivity contribution in [1.29, 1.82) is 0 Å². The Morgan fingerprint density at radius 2 is 2.10 bits per heavy atom. The molecule has 1 saturated heterocycles. The van der Waals surface area contributed by atoms with Crippen LogP contribution in [0, 0.1) is 12.3 Å². The number of carbonyl (C=O) groups excluding carboxylic acids is 1. The van der Waals surface area contributed by atoms with Crippen LogP contribution in [0.2, 0.25) is 0 Å². The van der Waals surface area contributed by atoms with Crippen molar-refractivity contribution in [1.82, 2.24) is 10.3 Å². The van der Waals surface area contributed by atoms with Gasteiger partial charge in [-0.25, -0.2) is 13.8 Å². The number of rotatable bonds is 6. The Balaban J connectivity index is 0. The molecule has 1 fully saturated rings. The Labute approximate surface area is 190 Å². The lowest BCUT2D eigenvalue weighted by molar-refractivity contribution is -0.0906. The van der Waals surface area contributed by atoms with Gasteiger partial charge in [0.1, 0.15) is 18.4 Å². The van der Waals surface area contributed by atoms with E-state index in [1.807, 2.05) is 27.8 Å². The molecule has 2 N–H and O–H groups in total. The standard InChI is InChI=1S/C14H17F2NO4.C4H7N.C2H6S.C2H6/c1-14(15,16)9-5-10(7-18)17-13(6-9)21-8-12-11(19)3-2-4-20-12;1-3-4-5-2;1-2-3;1-2/h5-7,11-12,19H,2-4,8H2,1H3;1,5H,4H2,2H3;3H,2H2,1H3;1-2H3. The van der Waals surface area contributed by atoms with Gasteiger partial charge >= 0.3 is 0 Å². The number of aliphatic hydroxyl groups excluding tert-OH is 1. The predicted octanol–water partition coefficient (Wildman–Crippen LogP) is 3.73. The van der Waals surface area contributed by atoms with Crippen LogP contribution in [0.4, 0.5) is 8.78 Å². The molecule has 1 aliphatic heterocycles. The molecular weight excluding hydrogens is 426 g/mol. The van der Waals surface area contributed by atoms with Gasteiger partial charge in [-0.3, -0.25) is 4.79 Å². The molecule has 178 valence electrons. The number of hydrogen-bond donors (Lipinski definition) is 3. The van der Waals surface area contributed by atoms with Crippen LogP contribution in [0.1, 0.15) is 56.6 Å². The molecule has 2 unspecified atom stereocenters. The molecule has 1 aromatic rings. The number of terminal acetylenes is 1. The number of carbonyl (C=O) groups is 1. The Kier molecular flexibility index (Phi) is 19.3. The number of nitrogens with one attached hydrogen (secondary N) is 1. The molecule has 1 aromatic heterocycles. The average Bonchev–Trinajstić information content (AvgIpc) is 2.75. The summed E-state index contributed by atoms with van der Waals surface area (Å²) in [4.78, 5) is 14.6. The predicted molar refractivity (Wildman–Crippen MR) is 123 cm³/mol. The number of pyridine rings is 1. The molecule has 0 spiro atoms. The minimum Gasteiger partial charge on any atom is -0.475 e. The molecule has 0 aromatic carbocycles. The van der Waals surface area contributed by atoms with Crippen LogP contribution in [-0.4, -0.2) is 61.1 Å². The highest BCUT2D eigenvalue weighted by Gasteiger charge is 2.27. The molecule has 0 amide bonds. The van der Waals surface area contributed by atoms with Gasteiger partial charge in [0.25, 0.3) is 5.92 Å². The Morgan fingerprint density at radius 3 is 2.52 bits per heavy atom. The molecule has 0 saturated carbocycles. The lowest BCUT2D eigenvalue weighted by atomic mass is 10.1. The number of aldehydes is 1. The van der Waals surface area contributed by atoms with Crippen molar-refractivity contribution >= 4 is 18.9 Å². The molecule has 2 heterocycles. The molecule has 9 heteroatoms. The first-order chi connectivity index (χ1) is 14.7. The lowest BCUT2D eigenvalue weighted by Gasteiger charge is -2.27. The number of nitrogens with zero attached hydrogens (tertiary/aromatic N) is 1. The SMILES string of the molecule is C#CCNC.CC.CC(F)(F)c1cc(C=O)nc(OCC2OCCCC2O)c1.CCS. The molecule has 2 rings (SSSR count). The van der Waals surface area contributed by atoms with Crippen LogP contribution in [0.15, 0.2) is 12.1 Å². The molecule has 2 atom stereocenters. The summed E-state index contributed by atoms with van der Waals surface area (Å²) in [6.45, 7) is 7.90. The number of aromatic nitrogens is 1. The third-order valence-corrected chi connectivity index (χ3v) is 3.53. The van der Waals surface area contributed by atoms with Gasteiger partial charge < -0.3 is 19.9 Å². The minimum absolute atomic E-state index is 0.00873. The number of hydrogen-bond acceptors (Lipinski definition) is 7. The highest BCUT2D eigenvalue weighted by molar-refractivity contribution is 7.80. The van der Waals surface area contributed by atoms with E-state index >= 15 is 0 Å². The van der Waals surface area contributed by atoms with Gasteiger partial charge in [0, 0.05) is 25.2 Å². The molecule has 0 bridgehead atoms. The highest BCUT2D eigenvalue weighted by atomic mass is 32.1. The van der Waals surface area contributed by atoms with E-state index in [4.69, 9.17) is 15.9 Å². The molecule has 1 aliphatic rings. The van der Waals surface area contributed by atoms with E-state index in [-0.39, 0.29) is 23.7 Å². The Bertz CT molecular complexity index is 637. The van der Waals surface area contributed by atoms with Gasteiger partial charge in [0.15, 0.2) is 6.29 Å². The maximum atomic E-state index is 13.3. The maximum Gasteiger partial charge on any atom is 0.270 e. The van der Waals surface area contributed by atoms with Gasteiger partial charge in [-0.15, -0.1) is 6.42 Å². The van der Waals surface area contributed by atoms with Crippen LogP contribution in [0.3, 0.4) is 0 Å².